The smallest absolute Gasteiger partial charge is 0.290 e. The fourth-order valence-electron chi connectivity index (χ4n) is 3.48. The summed E-state index contributed by atoms with van der Waals surface area (Å²) in [5.41, 5.74) is 1.38. The maximum absolute atomic E-state index is 12.9. The fraction of sp³-hybridized carbons (Fsp3) is 0.348. The second-order valence-electron chi connectivity index (χ2n) is 7.24. The zero-order chi connectivity index (χ0) is 22.3. The number of phenols is 1. The van der Waals surface area contributed by atoms with Crippen LogP contribution in [0.2, 0.25) is 0 Å². The lowest BCUT2D eigenvalue weighted by Gasteiger charge is -2.29. The lowest BCUT2D eigenvalue weighted by Crippen LogP contribution is -2.30. The number of phenolic OH excluding ortho intramolecular Hbond substituents is 1. The summed E-state index contributed by atoms with van der Waals surface area (Å²) in [5, 5.41) is 21.2. The number of aromatic hydroxyl groups is 1. The third-order valence-corrected chi connectivity index (χ3v) is 4.98. The summed E-state index contributed by atoms with van der Waals surface area (Å²) < 4.78 is 27.7. The number of nitrogens with one attached hydrogen (secondary N) is 1. The maximum Gasteiger partial charge on any atom is 0.290 e. The normalized spacial score (nSPS) is 19.2. The number of aliphatic hydroxyl groups excluding tert-OH is 1. The molecule has 0 unspecified atom stereocenters. The molecule has 0 bridgehead atoms. The van der Waals surface area contributed by atoms with Gasteiger partial charge < -0.3 is 39.2 Å². The van der Waals surface area contributed by atoms with Crippen LogP contribution in [0.5, 0.6) is 17.2 Å². The van der Waals surface area contributed by atoms with Crippen molar-refractivity contribution in [3.05, 3.63) is 59.9 Å². The first-order valence-electron chi connectivity index (χ1n) is 10.3. The Morgan fingerprint density at radius 2 is 1.97 bits per heavy atom. The van der Waals surface area contributed by atoms with Crippen LogP contribution in [0.4, 0.5) is 5.69 Å². The van der Waals surface area contributed by atoms with Crippen molar-refractivity contribution in [2.24, 2.45) is 0 Å². The number of aliphatic hydroxyl groups is 1. The Bertz CT molecular complexity index is 976. The molecule has 0 aliphatic carbocycles. The molecule has 3 N–H and O–H groups in total. The monoisotopic (exact) mass is 443 g/mol. The van der Waals surface area contributed by atoms with Crippen molar-refractivity contribution in [2.45, 2.75) is 18.6 Å². The summed E-state index contributed by atoms with van der Waals surface area (Å²) in [6, 6.07) is 11.9. The highest BCUT2D eigenvalue weighted by Gasteiger charge is 2.30. The van der Waals surface area contributed by atoms with Gasteiger partial charge in [0.1, 0.15) is 5.75 Å². The first kappa shape index (κ1) is 21.9. The van der Waals surface area contributed by atoms with E-state index in [1.54, 1.807) is 18.2 Å². The molecule has 2 atom stereocenters. The molecular weight excluding hydrogens is 418 g/mol. The number of rotatable bonds is 9. The molecule has 170 valence electrons. The quantitative estimate of drug-likeness (QED) is 0.507. The molecule has 9 heteroatoms. The number of carbonyl (C=O) groups is 1. The molecule has 32 heavy (non-hydrogen) atoms. The van der Waals surface area contributed by atoms with Crippen molar-refractivity contribution in [2.75, 3.05) is 38.5 Å². The van der Waals surface area contributed by atoms with E-state index in [0.29, 0.717) is 30.2 Å². The first-order valence-corrected chi connectivity index (χ1v) is 10.3. The Morgan fingerprint density at radius 3 is 2.81 bits per heavy atom. The number of fused-ring (bicyclic) bond motifs is 1. The molecule has 0 saturated carbocycles. The van der Waals surface area contributed by atoms with E-state index >= 15 is 0 Å². The van der Waals surface area contributed by atoms with Gasteiger partial charge in [-0.05, 0) is 35.9 Å². The number of benzene rings is 2. The molecule has 2 aliphatic heterocycles. The van der Waals surface area contributed by atoms with Gasteiger partial charge in [-0.15, -0.1) is 0 Å². The predicted octanol–water partition coefficient (Wildman–Crippen LogP) is 2.50. The zero-order valence-corrected chi connectivity index (χ0v) is 17.4. The molecule has 9 nitrogen and oxygen atoms in total. The minimum absolute atomic E-state index is 0.0451. The number of carbonyl (C=O) groups excluding carboxylic acids is 1. The van der Waals surface area contributed by atoms with E-state index in [0.717, 1.165) is 5.56 Å². The SMILES string of the molecule is O=C(Nc1cccc(O)c1)C1=C[C@H](c2ccc3c(c2)OCO3)C[C@H](OCCOCCO)O1. The van der Waals surface area contributed by atoms with Crippen LogP contribution in [0.15, 0.2) is 54.3 Å². The zero-order valence-electron chi connectivity index (χ0n) is 17.4. The molecular formula is C23H25NO8. The van der Waals surface area contributed by atoms with Crippen molar-refractivity contribution in [1.29, 1.82) is 0 Å². The van der Waals surface area contributed by atoms with Crippen LogP contribution in [0.25, 0.3) is 0 Å². The van der Waals surface area contributed by atoms with Crippen LogP contribution < -0.4 is 14.8 Å². The van der Waals surface area contributed by atoms with E-state index < -0.39 is 12.2 Å². The largest absolute Gasteiger partial charge is 0.508 e. The molecule has 2 aliphatic rings. The van der Waals surface area contributed by atoms with Gasteiger partial charge in [0, 0.05) is 24.1 Å². The number of ether oxygens (including phenoxy) is 5. The van der Waals surface area contributed by atoms with E-state index in [9.17, 15) is 9.90 Å². The minimum Gasteiger partial charge on any atom is -0.508 e. The Morgan fingerprint density at radius 1 is 1.09 bits per heavy atom. The standard InChI is InChI=1S/C23H25NO8/c25-6-7-28-8-9-29-22-12-16(15-4-5-19-20(10-15)31-14-30-19)11-21(32-22)23(27)24-17-2-1-3-18(26)13-17/h1-5,10-11,13,16,22,25-26H,6-9,12,14H2,(H,24,27)/t16-,22+/m0/s1. The molecule has 0 saturated heterocycles. The lowest BCUT2D eigenvalue weighted by molar-refractivity contribution is -0.148. The van der Waals surface area contributed by atoms with Gasteiger partial charge in [0.2, 0.25) is 13.1 Å². The van der Waals surface area contributed by atoms with Crippen LogP contribution in [-0.4, -0.2) is 55.6 Å². The molecule has 0 fully saturated rings. The van der Waals surface area contributed by atoms with E-state index in [1.165, 1.54) is 12.1 Å². The molecule has 0 spiro atoms. The highest BCUT2D eigenvalue weighted by Crippen LogP contribution is 2.38. The number of hydrogen-bond donors (Lipinski definition) is 3. The van der Waals surface area contributed by atoms with Crippen molar-refractivity contribution in [1.82, 2.24) is 0 Å². The van der Waals surface area contributed by atoms with Gasteiger partial charge in [-0.1, -0.05) is 12.1 Å². The maximum atomic E-state index is 12.9. The number of amides is 1. The summed E-state index contributed by atoms with van der Waals surface area (Å²) in [5.74, 6) is 0.883. The molecule has 2 aromatic carbocycles. The van der Waals surface area contributed by atoms with Crippen LogP contribution >= 0.6 is 0 Å². The van der Waals surface area contributed by atoms with Crippen molar-refractivity contribution in [3.8, 4) is 17.2 Å². The van der Waals surface area contributed by atoms with E-state index in [2.05, 4.69) is 5.32 Å². The summed E-state index contributed by atoms with van der Waals surface area (Å²) in [6.45, 7) is 0.892. The van der Waals surface area contributed by atoms with Crippen molar-refractivity contribution >= 4 is 11.6 Å². The van der Waals surface area contributed by atoms with Crippen LogP contribution in [-0.2, 0) is 19.0 Å². The Balaban J connectivity index is 1.50. The van der Waals surface area contributed by atoms with Gasteiger partial charge in [-0.3, -0.25) is 4.79 Å². The molecule has 2 aromatic rings. The molecule has 1 amide bonds. The topological polar surface area (TPSA) is 116 Å². The Labute approximate surface area is 185 Å². The summed E-state index contributed by atoms with van der Waals surface area (Å²) in [6.07, 6.45) is 1.57. The third kappa shape index (κ3) is 5.50. The van der Waals surface area contributed by atoms with Crippen molar-refractivity contribution < 1.29 is 38.7 Å². The van der Waals surface area contributed by atoms with Gasteiger partial charge >= 0.3 is 0 Å². The van der Waals surface area contributed by atoms with Gasteiger partial charge in [0.25, 0.3) is 5.91 Å². The van der Waals surface area contributed by atoms with E-state index in [-0.39, 0.29) is 44.0 Å². The lowest BCUT2D eigenvalue weighted by atomic mass is 9.92. The first-order chi connectivity index (χ1) is 15.6. The molecule has 0 radical (unpaired) electrons. The Hall–Kier alpha value is -3.27. The molecule has 0 aromatic heterocycles. The molecule has 4 rings (SSSR count). The van der Waals surface area contributed by atoms with E-state index in [4.69, 9.17) is 28.8 Å². The second-order valence-corrected chi connectivity index (χ2v) is 7.24. The average Bonchev–Trinajstić information content (AvgIpc) is 3.27. The van der Waals surface area contributed by atoms with E-state index in [1.807, 2.05) is 18.2 Å². The van der Waals surface area contributed by atoms with Crippen LogP contribution in [0.3, 0.4) is 0 Å². The number of anilines is 1. The van der Waals surface area contributed by atoms with Crippen molar-refractivity contribution in [3.63, 3.8) is 0 Å². The Kier molecular flexibility index (Phi) is 7.10. The summed E-state index contributed by atoms with van der Waals surface area (Å²) in [4.78, 5) is 12.9. The third-order valence-electron chi connectivity index (χ3n) is 4.98. The minimum atomic E-state index is -0.668. The van der Waals surface area contributed by atoms with Gasteiger partial charge in [-0.2, -0.15) is 0 Å². The van der Waals surface area contributed by atoms with Crippen LogP contribution in [0, 0.1) is 0 Å². The highest BCUT2D eigenvalue weighted by molar-refractivity contribution is 6.02. The van der Waals surface area contributed by atoms with Gasteiger partial charge in [0.15, 0.2) is 17.3 Å². The highest BCUT2D eigenvalue weighted by atomic mass is 16.7. The fourth-order valence-corrected chi connectivity index (χ4v) is 3.48. The summed E-state index contributed by atoms with van der Waals surface area (Å²) >= 11 is 0. The average molecular weight is 443 g/mol. The molecule has 2 heterocycles. The second kappa shape index (κ2) is 10.4. The number of hydrogen-bond acceptors (Lipinski definition) is 8. The van der Waals surface area contributed by atoms with Gasteiger partial charge in [-0.25, -0.2) is 0 Å². The number of allylic oxidation sites excluding steroid dienone is 1. The summed E-state index contributed by atoms with van der Waals surface area (Å²) in [7, 11) is 0. The van der Waals surface area contributed by atoms with Gasteiger partial charge in [0.05, 0.1) is 26.4 Å². The predicted molar refractivity (Wildman–Crippen MR) is 113 cm³/mol. The van der Waals surface area contributed by atoms with Crippen LogP contribution in [0.1, 0.15) is 17.9 Å².